The van der Waals surface area contributed by atoms with Crippen LogP contribution in [0.2, 0.25) is 0 Å². The molecule has 1 rings (SSSR count). The fourth-order valence-electron chi connectivity index (χ4n) is 2.63. The summed E-state index contributed by atoms with van der Waals surface area (Å²) in [4.78, 5) is 2.28. The quantitative estimate of drug-likeness (QED) is 0.776. The molecule has 0 radical (unpaired) electrons. The number of likely N-dealkylation sites (N-methyl/N-ethyl adjacent to an activating group) is 1. The Morgan fingerprint density at radius 3 is 2.53 bits per heavy atom. The van der Waals surface area contributed by atoms with Crippen molar-refractivity contribution in [2.45, 2.75) is 52.7 Å². The molecule has 0 heterocycles. The summed E-state index contributed by atoms with van der Waals surface area (Å²) in [5.41, 5.74) is 0.0972. The van der Waals surface area contributed by atoms with Gasteiger partial charge in [-0.15, -0.1) is 0 Å². The standard InChI is InChI=1S/C14H29NO2/c1-11(2)17-9-8-15(5)10-12-6-7-14(3,4)13(12)16/h11-13,16H,6-10H2,1-5H3. The number of aliphatic hydroxyl groups is 1. The van der Waals surface area contributed by atoms with E-state index in [0.29, 0.717) is 12.0 Å². The molecule has 0 aliphatic heterocycles. The zero-order valence-corrected chi connectivity index (χ0v) is 12.1. The SMILES string of the molecule is CC(C)OCCN(C)CC1CCC(C)(C)C1O. The fraction of sp³-hybridized carbons (Fsp3) is 1.00. The van der Waals surface area contributed by atoms with E-state index >= 15 is 0 Å². The fourth-order valence-corrected chi connectivity index (χ4v) is 2.63. The summed E-state index contributed by atoms with van der Waals surface area (Å²) in [6.07, 6.45) is 2.42. The Labute approximate surface area is 106 Å². The van der Waals surface area contributed by atoms with Crippen LogP contribution < -0.4 is 0 Å². The van der Waals surface area contributed by atoms with Crippen LogP contribution in [0.3, 0.4) is 0 Å². The lowest BCUT2D eigenvalue weighted by Crippen LogP contribution is -2.36. The zero-order chi connectivity index (χ0) is 13.1. The van der Waals surface area contributed by atoms with Crippen LogP contribution in [0.25, 0.3) is 0 Å². The average molecular weight is 243 g/mol. The Balaban J connectivity index is 2.25. The van der Waals surface area contributed by atoms with Gasteiger partial charge < -0.3 is 14.7 Å². The van der Waals surface area contributed by atoms with Crippen molar-refractivity contribution >= 4 is 0 Å². The summed E-state index contributed by atoms with van der Waals surface area (Å²) in [6.45, 7) is 11.2. The molecule has 0 bridgehead atoms. The average Bonchev–Trinajstić information content (AvgIpc) is 2.45. The van der Waals surface area contributed by atoms with Crippen molar-refractivity contribution in [1.29, 1.82) is 0 Å². The molecule has 1 aliphatic rings. The predicted octanol–water partition coefficient (Wildman–Crippen LogP) is 2.14. The first kappa shape index (κ1) is 14.9. The second-order valence-corrected chi connectivity index (χ2v) is 6.41. The normalized spacial score (nSPS) is 28.2. The Bertz CT molecular complexity index is 228. The van der Waals surface area contributed by atoms with Gasteiger partial charge in [-0.25, -0.2) is 0 Å². The maximum absolute atomic E-state index is 10.2. The largest absolute Gasteiger partial charge is 0.392 e. The molecule has 3 heteroatoms. The topological polar surface area (TPSA) is 32.7 Å². The van der Waals surface area contributed by atoms with Crippen LogP contribution in [0.1, 0.15) is 40.5 Å². The van der Waals surface area contributed by atoms with Crippen molar-refractivity contribution < 1.29 is 9.84 Å². The molecule has 0 saturated heterocycles. The van der Waals surface area contributed by atoms with Crippen molar-refractivity contribution in [3.8, 4) is 0 Å². The van der Waals surface area contributed by atoms with Crippen molar-refractivity contribution in [3.63, 3.8) is 0 Å². The lowest BCUT2D eigenvalue weighted by molar-refractivity contribution is 0.0259. The van der Waals surface area contributed by atoms with Gasteiger partial charge in [0.05, 0.1) is 18.8 Å². The van der Waals surface area contributed by atoms with Crippen LogP contribution in [0.5, 0.6) is 0 Å². The Hall–Kier alpha value is -0.120. The molecule has 0 aromatic heterocycles. The van der Waals surface area contributed by atoms with Gasteiger partial charge in [0.15, 0.2) is 0 Å². The van der Waals surface area contributed by atoms with Crippen LogP contribution in [0, 0.1) is 11.3 Å². The first-order valence-corrected chi connectivity index (χ1v) is 6.81. The highest BCUT2D eigenvalue weighted by molar-refractivity contribution is 4.91. The molecule has 0 spiro atoms. The lowest BCUT2D eigenvalue weighted by atomic mass is 9.87. The molecule has 102 valence electrons. The van der Waals surface area contributed by atoms with Gasteiger partial charge in [0.1, 0.15) is 0 Å². The van der Waals surface area contributed by atoms with E-state index in [0.717, 1.165) is 32.5 Å². The minimum atomic E-state index is -0.157. The smallest absolute Gasteiger partial charge is 0.0631 e. The number of hydrogen-bond donors (Lipinski definition) is 1. The van der Waals surface area contributed by atoms with Crippen molar-refractivity contribution in [3.05, 3.63) is 0 Å². The summed E-state index contributed by atoms with van der Waals surface area (Å²) in [5.74, 6) is 0.425. The second-order valence-electron chi connectivity index (χ2n) is 6.41. The molecule has 1 saturated carbocycles. The molecule has 3 nitrogen and oxygen atoms in total. The first-order chi connectivity index (χ1) is 7.83. The molecule has 2 atom stereocenters. The molecule has 0 amide bonds. The Morgan fingerprint density at radius 1 is 1.41 bits per heavy atom. The van der Waals surface area contributed by atoms with Gasteiger partial charge in [0.25, 0.3) is 0 Å². The number of nitrogens with zero attached hydrogens (tertiary/aromatic N) is 1. The van der Waals surface area contributed by atoms with Crippen molar-refractivity contribution in [1.82, 2.24) is 4.90 Å². The molecule has 0 aromatic carbocycles. The van der Waals surface area contributed by atoms with Gasteiger partial charge in [0, 0.05) is 13.1 Å². The number of aliphatic hydroxyl groups excluding tert-OH is 1. The summed E-state index contributed by atoms with van der Waals surface area (Å²) in [5, 5.41) is 10.2. The summed E-state index contributed by atoms with van der Waals surface area (Å²) in [6, 6.07) is 0. The summed E-state index contributed by atoms with van der Waals surface area (Å²) in [7, 11) is 2.11. The van der Waals surface area contributed by atoms with Crippen LogP contribution in [0.15, 0.2) is 0 Å². The van der Waals surface area contributed by atoms with E-state index in [1.54, 1.807) is 0 Å². The van der Waals surface area contributed by atoms with Gasteiger partial charge in [-0.2, -0.15) is 0 Å². The first-order valence-electron chi connectivity index (χ1n) is 6.81. The van der Waals surface area contributed by atoms with Crippen LogP contribution in [0.4, 0.5) is 0 Å². The third-order valence-electron chi connectivity index (χ3n) is 3.88. The summed E-state index contributed by atoms with van der Waals surface area (Å²) < 4.78 is 5.54. The maximum Gasteiger partial charge on any atom is 0.0631 e. The van der Waals surface area contributed by atoms with Crippen LogP contribution in [-0.2, 0) is 4.74 Å². The Morgan fingerprint density at radius 2 is 2.06 bits per heavy atom. The highest BCUT2D eigenvalue weighted by Crippen LogP contribution is 2.41. The number of hydrogen-bond acceptors (Lipinski definition) is 3. The van der Waals surface area contributed by atoms with E-state index in [1.165, 1.54) is 0 Å². The molecule has 1 fully saturated rings. The van der Waals surface area contributed by atoms with Gasteiger partial charge in [-0.1, -0.05) is 13.8 Å². The monoisotopic (exact) mass is 243 g/mol. The van der Waals surface area contributed by atoms with E-state index in [1.807, 2.05) is 0 Å². The van der Waals surface area contributed by atoms with E-state index in [9.17, 15) is 5.11 Å². The highest BCUT2D eigenvalue weighted by atomic mass is 16.5. The van der Waals surface area contributed by atoms with Crippen molar-refractivity contribution in [2.24, 2.45) is 11.3 Å². The molecular weight excluding hydrogens is 214 g/mol. The Kier molecular flexibility index (Phi) is 5.42. The van der Waals surface area contributed by atoms with E-state index in [2.05, 4.69) is 39.6 Å². The van der Waals surface area contributed by atoms with Crippen LogP contribution in [-0.4, -0.2) is 49.0 Å². The van der Waals surface area contributed by atoms with Gasteiger partial charge >= 0.3 is 0 Å². The highest BCUT2D eigenvalue weighted by Gasteiger charge is 2.40. The van der Waals surface area contributed by atoms with Gasteiger partial charge in [-0.05, 0) is 45.1 Å². The van der Waals surface area contributed by atoms with Crippen molar-refractivity contribution in [2.75, 3.05) is 26.7 Å². The minimum absolute atomic E-state index is 0.0972. The predicted molar refractivity (Wildman–Crippen MR) is 71.1 cm³/mol. The molecule has 1 aliphatic carbocycles. The third kappa shape index (κ3) is 4.57. The number of ether oxygens (including phenoxy) is 1. The van der Waals surface area contributed by atoms with Gasteiger partial charge in [-0.3, -0.25) is 0 Å². The molecule has 17 heavy (non-hydrogen) atoms. The molecule has 2 unspecified atom stereocenters. The maximum atomic E-state index is 10.2. The number of rotatable bonds is 6. The summed E-state index contributed by atoms with van der Waals surface area (Å²) >= 11 is 0. The van der Waals surface area contributed by atoms with E-state index in [-0.39, 0.29) is 11.5 Å². The minimum Gasteiger partial charge on any atom is -0.392 e. The van der Waals surface area contributed by atoms with E-state index in [4.69, 9.17) is 4.74 Å². The van der Waals surface area contributed by atoms with E-state index < -0.39 is 0 Å². The third-order valence-corrected chi connectivity index (χ3v) is 3.88. The molecule has 1 N–H and O–H groups in total. The second kappa shape index (κ2) is 6.17. The molecular formula is C14H29NO2. The lowest BCUT2D eigenvalue weighted by Gasteiger charge is -2.28. The molecule has 0 aromatic rings. The zero-order valence-electron chi connectivity index (χ0n) is 12.1. The van der Waals surface area contributed by atoms with Gasteiger partial charge in [0.2, 0.25) is 0 Å². The van der Waals surface area contributed by atoms with Crippen LogP contribution >= 0.6 is 0 Å².